The van der Waals surface area contributed by atoms with Crippen molar-refractivity contribution in [1.82, 2.24) is 0 Å². The van der Waals surface area contributed by atoms with Gasteiger partial charge in [0, 0.05) is 17.0 Å². The molecule has 0 amide bonds. The summed E-state index contributed by atoms with van der Waals surface area (Å²) in [6.45, 7) is 0. The first-order valence-electron chi connectivity index (χ1n) is 4.67. The van der Waals surface area contributed by atoms with Gasteiger partial charge in [-0.05, 0) is 0 Å². The van der Waals surface area contributed by atoms with Gasteiger partial charge < -0.3 is 9.47 Å². The number of hydrogen-bond donors (Lipinski definition) is 0. The first-order valence-corrected chi connectivity index (χ1v) is 4.67. The van der Waals surface area contributed by atoms with E-state index in [0.29, 0.717) is 0 Å². The third-order valence-corrected chi connectivity index (χ3v) is 1.95. The fraction of sp³-hybridized carbons (Fsp3) is 0.182. The molecule has 0 bridgehead atoms. The van der Waals surface area contributed by atoms with Crippen molar-refractivity contribution in [2.75, 3.05) is 14.2 Å². The maximum Gasteiger partial charge on any atom is 0.431 e. The fourth-order valence-corrected chi connectivity index (χ4v) is 1.13. The number of methoxy groups -OCH3 is 2. The Labute approximate surface area is 97.7 Å². The molecule has 0 atom stereocenters. The lowest BCUT2D eigenvalue weighted by atomic mass is 10.3. The molecular weight excluding hydrogens is 226 g/mol. The molecule has 0 saturated heterocycles. The zero-order valence-corrected chi connectivity index (χ0v) is 9.38. The maximum atomic E-state index is 11.8. The van der Waals surface area contributed by atoms with Crippen LogP contribution in [0.1, 0.15) is 0 Å². The summed E-state index contributed by atoms with van der Waals surface area (Å²) >= 11 is 0. The van der Waals surface area contributed by atoms with Crippen LogP contribution in [0.25, 0.3) is 0 Å². The van der Waals surface area contributed by atoms with Crippen LogP contribution in [-0.2, 0) is 19.4 Å². The topological polar surface area (TPSA) is 75.5 Å². The third kappa shape index (κ3) is 2.81. The minimum atomic E-state index is -1.05. The Bertz CT molecular complexity index is 452. The molecule has 0 N–H and O–H groups in total. The van der Waals surface area contributed by atoms with E-state index < -0.39 is 17.6 Å². The number of para-hydroxylation sites is 1. The van der Waals surface area contributed by atoms with E-state index in [9.17, 15) is 14.8 Å². The first kappa shape index (κ1) is 12.7. The van der Waals surface area contributed by atoms with E-state index in [-0.39, 0.29) is 10.4 Å². The zero-order chi connectivity index (χ0) is 12.8. The van der Waals surface area contributed by atoms with Gasteiger partial charge in [-0.25, -0.2) is 9.90 Å². The Hall–Kier alpha value is -2.37. The molecule has 1 rings (SSSR count). The SMILES string of the molecule is COC(=O)C(=C([O])OC)[N+](=O)c1ccccc1. The van der Waals surface area contributed by atoms with Gasteiger partial charge in [-0.2, -0.15) is 0 Å². The Morgan fingerprint density at radius 3 is 2.18 bits per heavy atom. The van der Waals surface area contributed by atoms with Crippen molar-refractivity contribution in [3.8, 4) is 0 Å². The summed E-state index contributed by atoms with van der Waals surface area (Å²) in [7, 11) is 2.15. The summed E-state index contributed by atoms with van der Waals surface area (Å²) in [5.74, 6) is -2.09. The maximum absolute atomic E-state index is 11.8. The molecule has 6 heteroatoms. The van der Waals surface area contributed by atoms with Crippen LogP contribution >= 0.6 is 0 Å². The van der Waals surface area contributed by atoms with Crippen LogP contribution in [0, 0.1) is 4.91 Å². The molecule has 1 aromatic carbocycles. The number of esters is 1. The highest BCUT2D eigenvalue weighted by Gasteiger charge is 2.37. The minimum Gasteiger partial charge on any atom is -0.461 e. The molecule has 1 aromatic rings. The minimum absolute atomic E-state index is 0.137. The highest BCUT2D eigenvalue weighted by molar-refractivity contribution is 5.86. The molecule has 1 radical (unpaired) electrons. The number of ether oxygens (including phenoxy) is 2. The molecular formula is C11H11NO5+. The smallest absolute Gasteiger partial charge is 0.431 e. The van der Waals surface area contributed by atoms with E-state index in [4.69, 9.17) is 0 Å². The van der Waals surface area contributed by atoms with Crippen LogP contribution in [0.2, 0.25) is 0 Å². The van der Waals surface area contributed by atoms with Crippen molar-refractivity contribution in [2.24, 2.45) is 0 Å². The molecule has 0 fully saturated rings. The predicted molar refractivity (Wildman–Crippen MR) is 56.5 cm³/mol. The number of hydrogen-bond acceptors (Lipinski definition) is 4. The number of carbonyl (C=O) groups excluding carboxylic acids is 1. The average Bonchev–Trinajstić information content (AvgIpc) is 2.39. The Kier molecular flexibility index (Phi) is 4.21. The molecule has 17 heavy (non-hydrogen) atoms. The second-order valence-electron chi connectivity index (χ2n) is 2.96. The van der Waals surface area contributed by atoms with Crippen LogP contribution in [0.4, 0.5) is 5.69 Å². The van der Waals surface area contributed by atoms with Crippen molar-refractivity contribution in [1.29, 1.82) is 0 Å². The summed E-state index contributed by atoms with van der Waals surface area (Å²) in [5.41, 5.74) is -0.584. The number of nitrogens with zero attached hydrogens (tertiary/aromatic N) is 1. The molecule has 89 valence electrons. The molecule has 0 aromatic heterocycles. The largest absolute Gasteiger partial charge is 0.461 e. The van der Waals surface area contributed by atoms with Crippen molar-refractivity contribution in [3.63, 3.8) is 0 Å². The monoisotopic (exact) mass is 237 g/mol. The van der Waals surface area contributed by atoms with Crippen LogP contribution < -0.4 is 0 Å². The number of carbonyl (C=O) groups is 1. The van der Waals surface area contributed by atoms with Gasteiger partial charge in [-0.1, -0.05) is 18.2 Å². The van der Waals surface area contributed by atoms with E-state index in [1.165, 1.54) is 12.1 Å². The summed E-state index contributed by atoms with van der Waals surface area (Å²) < 4.78 is 8.90. The molecule has 0 aliphatic heterocycles. The van der Waals surface area contributed by atoms with Crippen molar-refractivity contribution >= 4 is 11.7 Å². The van der Waals surface area contributed by atoms with Crippen molar-refractivity contribution in [2.45, 2.75) is 0 Å². The van der Waals surface area contributed by atoms with Crippen LogP contribution in [0.15, 0.2) is 42.0 Å². The van der Waals surface area contributed by atoms with Gasteiger partial charge in [0.05, 0.1) is 19.0 Å². The van der Waals surface area contributed by atoms with Gasteiger partial charge in [0.1, 0.15) is 0 Å². The first-order chi connectivity index (χ1) is 8.11. The lowest BCUT2D eigenvalue weighted by molar-refractivity contribution is -0.410. The lowest BCUT2D eigenvalue weighted by Gasteiger charge is -1.98. The molecule has 0 heterocycles. The third-order valence-electron chi connectivity index (χ3n) is 1.95. The van der Waals surface area contributed by atoms with Gasteiger partial charge in [0.25, 0.3) is 5.69 Å². The quantitative estimate of drug-likeness (QED) is 0.344. The number of benzene rings is 1. The summed E-state index contributed by atoms with van der Waals surface area (Å²) in [5, 5.41) is 11.3. The van der Waals surface area contributed by atoms with Crippen LogP contribution in [0.5, 0.6) is 0 Å². The highest BCUT2D eigenvalue weighted by Crippen LogP contribution is 2.18. The Morgan fingerprint density at radius 2 is 1.71 bits per heavy atom. The average molecular weight is 237 g/mol. The van der Waals surface area contributed by atoms with Gasteiger partial charge >= 0.3 is 17.6 Å². The van der Waals surface area contributed by atoms with Crippen LogP contribution in [0.3, 0.4) is 0 Å². The Balaban J connectivity index is 3.18. The van der Waals surface area contributed by atoms with E-state index >= 15 is 0 Å². The van der Waals surface area contributed by atoms with E-state index in [1.807, 2.05) is 0 Å². The molecule has 0 aliphatic rings. The van der Waals surface area contributed by atoms with Crippen molar-refractivity contribution in [3.05, 3.63) is 46.9 Å². The van der Waals surface area contributed by atoms with E-state index in [1.54, 1.807) is 18.2 Å². The molecule has 0 saturated carbocycles. The molecule has 0 spiro atoms. The standard InChI is InChI=1S/C11H11NO5/c1-16-10(13)9(11(14)17-2)12(15)8-6-4-3-5-7-8/h3-7H,1-2H3/q+1. The van der Waals surface area contributed by atoms with E-state index in [0.717, 1.165) is 14.2 Å². The summed E-state index contributed by atoms with van der Waals surface area (Å²) in [4.78, 5) is 23.1. The van der Waals surface area contributed by atoms with E-state index in [2.05, 4.69) is 9.47 Å². The van der Waals surface area contributed by atoms with Gasteiger partial charge in [-0.15, -0.1) is 0 Å². The zero-order valence-electron chi connectivity index (χ0n) is 9.38. The fourth-order valence-electron chi connectivity index (χ4n) is 1.13. The van der Waals surface area contributed by atoms with Gasteiger partial charge in [0.2, 0.25) is 0 Å². The highest BCUT2D eigenvalue weighted by atomic mass is 16.6. The normalized spacial score (nSPS) is 11.4. The second kappa shape index (κ2) is 5.64. The molecule has 6 nitrogen and oxygen atoms in total. The lowest BCUT2D eigenvalue weighted by Crippen LogP contribution is -2.17. The predicted octanol–water partition coefficient (Wildman–Crippen LogP) is 1.52. The Morgan fingerprint density at radius 1 is 1.12 bits per heavy atom. The van der Waals surface area contributed by atoms with Gasteiger partial charge in [0.15, 0.2) is 0 Å². The summed E-state index contributed by atoms with van der Waals surface area (Å²) in [6, 6.07) is 7.82. The summed E-state index contributed by atoms with van der Waals surface area (Å²) in [6.07, 6.45) is 0. The van der Waals surface area contributed by atoms with Crippen LogP contribution in [-0.4, -0.2) is 24.9 Å². The second-order valence-corrected chi connectivity index (χ2v) is 2.96. The van der Waals surface area contributed by atoms with Crippen molar-refractivity contribution < 1.29 is 24.1 Å². The number of rotatable bonds is 4. The van der Waals surface area contributed by atoms with Gasteiger partial charge in [-0.3, -0.25) is 0 Å². The molecule has 0 aliphatic carbocycles. The molecule has 0 unspecified atom stereocenters. The number of nitroso groups, excluding NO2 is 1.